The summed E-state index contributed by atoms with van der Waals surface area (Å²) in [7, 11) is 0. The first kappa shape index (κ1) is 12.6. The van der Waals surface area contributed by atoms with Gasteiger partial charge in [0.2, 0.25) is 0 Å². The van der Waals surface area contributed by atoms with Crippen LogP contribution in [0.2, 0.25) is 0 Å². The molecule has 98 valence electrons. The minimum Gasteiger partial charge on any atom is -0.478 e. The van der Waals surface area contributed by atoms with Crippen molar-refractivity contribution < 1.29 is 19.3 Å². The number of nitrogens with zero attached hydrogens (tertiary/aromatic N) is 2. The fourth-order valence-electron chi connectivity index (χ4n) is 1.48. The third-order valence-electron chi connectivity index (χ3n) is 2.39. The maximum absolute atomic E-state index is 10.8. The Labute approximate surface area is 106 Å². The van der Waals surface area contributed by atoms with Gasteiger partial charge in [0.15, 0.2) is 0 Å². The molecule has 8 nitrogen and oxygen atoms in total. The van der Waals surface area contributed by atoms with Crippen LogP contribution in [-0.2, 0) is 6.54 Å². The van der Waals surface area contributed by atoms with Crippen molar-refractivity contribution >= 4 is 17.3 Å². The summed E-state index contributed by atoms with van der Waals surface area (Å²) in [5.74, 6) is -1.15. The number of aromatic nitrogens is 1. The van der Waals surface area contributed by atoms with Gasteiger partial charge in [-0.3, -0.25) is 10.1 Å². The molecule has 0 atom stereocenters. The minimum absolute atomic E-state index is 0.0340. The fourth-order valence-corrected chi connectivity index (χ4v) is 1.48. The van der Waals surface area contributed by atoms with Gasteiger partial charge in [-0.2, -0.15) is 0 Å². The highest BCUT2D eigenvalue weighted by Crippen LogP contribution is 2.26. The van der Waals surface area contributed by atoms with E-state index in [4.69, 9.17) is 5.11 Å². The van der Waals surface area contributed by atoms with Crippen molar-refractivity contribution in [3.63, 3.8) is 0 Å². The molecule has 0 aliphatic rings. The molecule has 0 saturated heterocycles. The van der Waals surface area contributed by atoms with Crippen molar-refractivity contribution in [2.75, 3.05) is 5.32 Å². The third kappa shape index (κ3) is 2.86. The first-order chi connectivity index (χ1) is 9.08. The number of hydrogen-bond donors (Lipinski definition) is 2. The molecule has 1 heterocycles. The second kappa shape index (κ2) is 5.17. The van der Waals surface area contributed by atoms with Gasteiger partial charge < -0.3 is 14.9 Å². The Bertz CT molecular complexity index is 609. The van der Waals surface area contributed by atoms with Crippen molar-refractivity contribution in [1.29, 1.82) is 0 Å². The smallest absolute Gasteiger partial charge is 0.335 e. The zero-order valence-corrected chi connectivity index (χ0v) is 9.57. The van der Waals surface area contributed by atoms with Crippen LogP contribution in [0.1, 0.15) is 16.1 Å². The van der Waals surface area contributed by atoms with E-state index in [1.165, 1.54) is 18.4 Å². The maximum Gasteiger partial charge on any atom is 0.335 e. The van der Waals surface area contributed by atoms with Gasteiger partial charge in [-0.25, -0.2) is 4.79 Å². The zero-order valence-electron chi connectivity index (χ0n) is 9.57. The lowest BCUT2D eigenvalue weighted by atomic mass is 10.1. The van der Waals surface area contributed by atoms with Crippen molar-refractivity contribution in [2.45, 2.75) is 6.54 Å². The number of aromatic carboxylic acids is 1. The van der Waals surface area contributed by atoms with Gasteiger partial charge in [0.25, 0.3) is 5.69 Å². The van der Waals surface area contributed by atoms with Crippen molar-refractivity contribution in [1.82, 2.24) is 5.16 Å². The molecule has 0 fully saturated rings. The highest BCUT2D eigenvalue weighted by Gasteiger charge is 2.16. The second-order valence-corrected chi connectivity index (χ2v) is 3.64. The Morgan fingerprint density at radius 2 is 2.26 bits per heavy atom. The third-order valence-corrected chi connectivity index (χ3v) is 2.39. The predicted molar refractivity (Wildman–Crippen MR) is 63.9 cm³/mol. The maximum atomic E-state index is 10.8. The van der Waals surface area contributed by atoms with E-state index in [1.54, 1.807) is 6.07 Å². The summed E-state index contributed by atoms with van der Waals surface area (Å²) in [4.78, 5) is 21.1. The summed E-state index contributed by atoms with van der Waals surface area (Å²) in [6.45, 7) is 0.195. The number of benzene rings is 1. The molecule has 19 heavy (non-hydrogen) atoms. The lowest BCUT2D eigenvalue weighted by molar-refractivity contribution is -0.384. The highest BCUT2D eigenvalue weighted by molar-refractivity contribution is 5.90. The number of carbonyl (C=O) groups is 1. The molecule has 1 aromatic carbocycles. The molecule has 0 aliphatic carbocycles. The number of hydrogen-bond acceptors (Lipinski definition) is 6. The quantitative estimate of drug-likeness (QED) is 0.624. The summed E-state index contributed by atoms with van der Waals surface area (Å²) in [6.07, 6.45) is 1.37. The Kier molecular flexibility index (Phi) is 3.42. The van der Waals surface area contributed by atoms with E-state index in [1.807, 2.05) is 0 Å². The van der Waals surface area contributed by atoms with Crippen LogP contribution in [0.15, 0.2) is 35.1 Å². The van der Waals surface area contributed by atoms with Crippen LogP contribution in [0.3, 0.4) is 0 Å². The molecule has 8 heteroatoms. The Morgan fingerprint density at radius 3 is 2.84 bits per heavy atom. The Morgan fingerprint density at radius 1 is 1.47 bits per heavy atom. The lowest BCUT2D eigenvalue weighted by Crippen LogP contribution is -2.05. The Hall–Kier alpha value is -2.90. The number of carboxylic acids is 1. The molecule has 0 amide bonds. The van der Waals surface area contributed by atoms with Gasteiger partial charge in [0, 0.05) is 12.1 Å². The average molecular weight is 263 g/mol. The summed E-state index contributed by atoms with van der Waals surface area (Å²) in [5.41, 5.74) is 0.435. The van der Waals surface area contributed by atoms with E-state index in [0.29, 0.717) is 5.69 Å². The van der Waals surface area contributed by atoms with E-state index in [0.717, 1.165) is 6.07 Å². The summed E-state index contributed by atoms with van der Waals surface area (Å²) >= 11 is 0. The number of nitro benzene ring substituents is 1. The minimum atomic E-state index is -1.15. The van der Waals surface area contributed by atoms with E-state index in [9.17, 15) is 14.9 Å². The van der Waals surface area contributed by atoms with Crippen LogP contribution >= 0.6 is 0 Å². The summed E-state index contributed by atoms with van der Waals surface area (Å²) in [5, 5.41) is 26.1. The van der Waals surface area contributed by atoms with Gasteiger partial charge in [-0.15, -0.1) is 0 Å². The normalized spacial score (nSPS) is 10.1. The average Bonchev–Trinajstić information content (AvgIpc) is 2.88. The molecule has 0 bridgehead atoms. The van der Waals surface area contributed by atoms with E-state index >= 15 is 0 Å². The predicted octanol–water partition coefficient (Wildman–Crippen LogP) is 1.89. The SMILES string of the molecule is O=C(O)c1ccc([N+](=O)[O-])c(NCc2ccon2)c1. The number of anilines is 1. The molecule has 0 radical (unpaired) electrons. The van der Waals surface area contributed by atoms with Gasteiger partial charge in [-0.05, 0) is 12.1 Å². The molecule has 0 spiro atoms. The molecule has 1 aromatic heterocycles. The molecule has 2 rings (SSSR count). The number of carboxylic acid groups (broad SMARTS) is 1. The lowest BCUT2D eigenvalue weighted by Gasteiger charge is -2.06. The van der Waals surface area contributed by atoms with Crippen LogP contribution < -0.4 is 5.32 Å². The zero-order chi connectivity index (χ0) is 13.8. The number of nitro groups is 1. The summed E-state index contributed by atoms with van der Waals surface area (Å²) < 4.78 is 4.62. The standard InChI is InChI=1S/C11H9N3O5/c15-11(16)7-1-2-10(14(17)18)9(5-7)12-6-8-3-4-19-13-8/h1-5,12H,6H2,(H,15,16). The fraction of sp³-hybridized carbons (Fsp3) is 0.0909. The van der Waals surface area contributed by atoms with Crippen LogP contribution in [0.4, 0.5) is 11.4 Å². The largest absolute Gasteiger partial charge is 0.478 e. The molecule has 0 aliphatic heterocycles. The molecule has 0 saturated carbocycles. The topological polar surface area (TPSA) is 118 Å². The van der Waals surface area contributed by atoms with Gasteiger partial charge in [-0.1, -0.05) is 5.16 Å². The van der Waals surface area contributed by atoms with E-state index in [2.05, 4.69) is 15.0 Å². The van der Waals surface area contributed by atoms with E-state index < -0.39 is 10.9 Å². The van der Waals surface area contributed by atoms with Gasteiger partial charge in [0.1, 0.15) is 17.6 Å². The molecule has 0 unspecified atom stereocenters. The molecule has 2 aromatic rings. The Balaban J connectivity index is 2.27. The first-order valence-electron chi connectivity index (χ1n) is 5.23. The van der Waals surface area contributed by atoms with Crippen molar-refractivity contribution in [3.05, 3.63) is 51.9 Å². The molecular formula is C11H9N3O5. The molecule has 2 N–H and O–H groups in total. The van der Waals surface area contributed by atoms with Crippen molar-refractivity contribution in [3.8, 4) is 0 Å². The van der Waals surface area contributed by atoms with E-state index in [-0.39, 0.29) is 23.5 Å². The van der Waals surface area contributed by atoms with Crippen molar-refractivity contribution in [2.24, 2.45) is 0 Å². The molecular weight excluding hydrogens is 254 g/mol. The monoisotopic (exact) mass is 263 g/mol. The van der Waals surface area contributed by atoms with Crippen LogP contribution in [-0.4, -0.2) is 21.2 Å². The highest BCUT2D eigenvalue weighted by atomic mass is 16.6. The summed E-state index contributed by atoms with van der Waals surface area (Å²) in [6, 6.07) is 5.14. The number of rotatable bonds is 5. The van der Waals surface area contributed by atoms with Gasteiger partial charge >= 0.3 is 5.97 Å². The van der Waals surface area contributed by atoms with Gasteiger partial charge in [0.05, 0.1) is 17.0 Å². The number of nitrogens with one attached hydrogen (secondary N) is 1. The first-order valence-corrected chi connectivity index (χ1v) is 5.23. The van der Waals surface area contributed by atoms with Crippen LogP contribution in [0, 0.1) is 10.1 Å². The van der Waals surface area contributed by atoms with Crippen LogP contribution in [0.25, 0.3) is 0 Å². The van der Waals surface area contributed by atoms with Crippen LogP contribution in [0.5, 0.6) is 0 Å². The second-order valence-electron chi connectivity index (χ2n) is 3.64.